The summed E-state index contributed by atoms with van der Waals surface area (Å²) in [5.41, 5.74) is 4.00. The van der Waals surface area contributed by atoms with E-state index in [4.69, 9.17) is 9.47 Å². The van der Waals surface area contributed by atoms with Crippen LogP contribution in [0.2, 0.25) is 0 Å². The largest absolute Gasteiger partial charge is 0.448 e. The molecule has 1 N–H and O–H groups in total. The molecular formula is C23H22N2O3. The SMILES string of the molecule is Cc1ccc2nc(C)c(C(=O)Nc3ccc4c(c3)OC3(CCCC3)O4)cc2c1. The van der Waals surface area contributed by atoms with Crippen LogP contribution in [0.5, 0.6) is 11.5 Å². The molecule has 2 heterocycles. The van der Waals surface area contributed by atoms with Crippen molar-refractivity contribution >= 4 is 22.5 Å². The molecule has 0 unspecified atom stereocenters. The van der Waals surface area contributed by atoms with Gasteiger partial charge in [-0.3, -0.25) is 9.78 Å². The lowest BCUT2D eigenvalue weighted by molar-refractivity contribution is -0.0716. The minimum absolute atomic E-state index is 0.178. The van der Waals surface area contributed by atoms with Crippen molar-refractivity contribution in [3.05, 3.63) is 59.3 Å². The number of ether oxygens (including phenoxy) is 2. The minimum atomic E-state index is -0.498. The Morgan fingerprint density at radius 3 is 2.61 bits per heavy atom. The molecule has 5 heteroatoms. The summed E-state index contributed by atoms with van der Waals surface area (Å²) in [6, 6.07) is 13.5. The first-order valence-electron chi connectivity index (χ1n) is 9.73. The highest BCUT2D eigenvalue weighted by atomic mass is 16.7. The number of carbonyl (C=O) groups excluding carboxylic acids is 1. The fraction of sp³-hybridized carbons (Fsp3) is 0.304. The average Bonchev–Trinajstić information content (AvgIpc) is 3.27. The van der Waals surface area contributed by atoms with Crippen molar-refractivity contribution in [1.29, 1.82) is 0 Å². The molecule has 1 aliphatic carbocycles. The minimum Gasteiger partial charge on any atom is -0.448 e. The van der Waals surface area contributed by atoms with Gasteiger partial charge in [-0.05, 0) is 57.0 Å². The molecule has 1 spiro atoms. The fourth-order valence-electron chi connectivity index (χ4n) is 4.11. The number of hydrogen-bond donors (Lipinski definition) is 1. The van der Waals surface area contributed by atoms with Crippen LogP contribution < -0.4 is 14.8 Å². The van der Waals surface area contributed by atoms with Crippen LogP contribution in [-0.4, -0.2) is 16.7 Å². The van der Waals surface area contributed by atoms with E-state index in [0.29, 0.717) is 22.7 Å². The highest BCUT2D eigenvalue weighted by molar-refractivity contribution is 6.07. The second-order valence-electron chi connectivity index (χ2n) is 7.76. The van der Waals surface area contributed by atoms with Crippen molar-refractivity contribution in [2.75, 3.05) is 5.32 Å². The number of fused-ring (bicyclic) bond motifs is 2. The van der Waals surface area contributed by atoms with Crippen molar-refractivity contribution in [2.24, 2.45) is 0 Å². The van der Waals surface area contributed by atoms with Crippen molar-refractivity contribution < 1.29 is 14.3 Å². The lowest BCUT2D eigenvalue weighted by atomic mass is 10.1. The van der Waals surface area contributed by atoms with Gasteiger partial charge in [0.2, 0.25) is 0 Å². The molecule has 1 aliphatic heterocycles. The van der Waals surface area contributed by atoms with Crippen molar-refractivity contribution in [3.63, 3.8) is 0 Å². The quantitative estimate of drug-likeness (QED) is 0.674. The third-order valence-electron chi connectivity index (χ3n) is 5.56. The molecule has 28 heavy (non-hydrogen) atoms. The molecule has 0 saturated heterocycles. The summed E-state index contributed by atoms with van der Waals surface area (Å²) >= 11 is 0. The molecule has 3 aromatic rings. The van der Waals surface area contributed by atoms with Gasteiger partial charge < -0.3 is 14.8 Å². The molecule has 0 bridgehead atoms. The maximum absolute atomic E-state index is 12.9. The van der Waals surface area contributed by atoms with Gasteiger partial charge in [-0.2, -0.15) is 0 Å². The first-order chi connectivity index (χ1) is 13.5. The first-order valence-corrected chi connectivity index (χ1v) is 9.73. The Kier molecular flexibility index (Phi) is 3.79. The average molecular weight is 374 g/mol. The Balaban J connectivity index is 1.41. The second-order valence-corrected chi connectivity index (χ2v) is 7.76. The summed E-state index contributed by atoms with van der Waals surface area (Å²) in [6.07, 6.45) is 4.05. The summed E-state index contributed by atoms with van der Waals surface area (Å²) in [7, 11) is 0. The van der Waals surface area contributed by atoms with Crippen LogP contribution in [0.25, 0.3) is 10.9 Å². The van der Waals surface area contributed by atoms with E-state index >= 15 is 0 Å². The zero-order valence-electron chi connectivity index (χ0n) is 16.0. The highest BCUT2D eigenvalue weighted by Crippen LogP contribution is 2.47. The summed E-state index contributed by atoms with van der Waals surface area (Å²) in [6.45, 7) is 3.89. The third-order valence-corrected chi connectivity index (χ3v) is 5.56. The van der Waals surface area contributed by atoms with Gasteiger partial charge in [0, 0.05) is 30.0 Å². The molecule has 1 fully saturated rings. The Morgan fingerprint density at radius 1 is 1.00 bits per heavy atom. The maximum atomic E-state index is 12.9. The van der Waals surface area contributed by atoms with Crippen LogP contribution in [0.3, 0.4) is 0 Å². The zero-order chi connectivity index (χ0) is 19.3. The number of aromatic nitrogens is 1. The van der Waals surface area contributed by atoms with E-state index < -0.39 is 5.79 Å². The van der Waals surface area contributed by atoms with Crippen molar-refractivity contribution in [3.8, 4) is 11.5 Å². The maximum Gasteiger partial charge on any atom is 0.257 e. The van der Waals surface area contributed by atoms with E-state index in [1.54, 1.807) is 0 Å². The topological polar surface area (TPSA) is 60.5 Å². The van der Waals surface area contributed by atoms with Crippen LogP contribution >= 0.6 is 0 Å². The number of hydrogen-bond acceptors (Lipinski definition) is 4. The van der Waals surface area contributed by atoms with E-state index in [-0.39, 0.29) is 5.91 Å². The van der Waals surface area contributed by atoms with Gasteiger partial charge in [0.15, 0.2) is 11.5 Å². The molecule has 142 valence electrons. The molecular weight excluding hydrogens is 352 g/mol. The number of amides is 1. The van der Waals surface area contributed by atoms with Gasteiger partial charge >= 0.3 is 0 Å². The molecule has 1 aromatic heterocycles. The van der Waals surface area contributed by atoms with Gasteiger partial charge in [-0.1, -0.05) is 11.6 Å². The van der Waals surface area contributed by atoms with E-state index in [2.05, 4.69) is 10.3 Å². The Bertz CT molecular complexity index is 1100. The number of nitrogens with one attached hydrogen (secondary N) is 1. The van der Waals surface area contributed by atoms with Crippen LogP contribution in [0.1, 0.15) is 47.3 Å². The monoisotopic (exact) mass is 374 g/mol. The van der Waals surface area contributed by atoms with E-state index in [0.717, 1.165) is 47.9 Å². The Hall–Kier alpha value is -3.08. The number of pyridine rings is 1. The highest BCUT2D eigenvalue weighted by Gasteiger charge is 2.44. The number of rotatable bonds is 2. The standard InChI is InChI=1S/C23H22N2O3/c1-14-5-7-19-16(11-14)12-18(15(2)24-19)22(26)25-17-6-8-20-21(13-17)28-23(27-20)9-3-4-10-23/h5-8,11-13H,3-4,9-10H2,1-2H3,(H,25,26). The summed E-state index contributed by atoms with van der Waals surface area (Å²) in [5, 5.41) is 3.94. The third kappa shape index (κ3) is 2.87. The van der Waals surface area contributed by atoms with Gasteiger partial charge in [-0.15, -0.1) is 0 Å². The second kappa shape index (κ2) is 6.23. The van der Waals surface area contributed by atoms with E-state index in [1.807, 2.05) is 56.3 Å². The number of anilines is 1. The van der Waals surface area contributed by atoms with Crippen LogP contribution in [0.15, 0.2) is 42.5 Å². The predicted molar refractivity (Wildman–Crippen MR) is 108 cm³/mol. The lowest BCUT2D eigenvalue weighted by Gasteiger charge is -2.21. The molecule has 2 aromatic carbocycles. The molecule has 2 aliphatic rings. The zero-order valence-corrected chi connectivity index (χ0v) is 16.0. The predicted octanol–water partition coefficient (Wildman–Crippen LogP) is 5.15. The number of aryl methyl sites for hydroxylation is 2. The normalized spacial score (nSPS) is 16.6. The van der Waals surface area contributed by atoms with E-state index in [1.165, 1.54) is 0 Å². The Labute approximate surface area is 163 Å². The molecule has 1 amide bonds. The fourth-order valence-corrected chi connectivity index (χ4v) is 4.11. The summed E-state index contributed by atoms with van der Waals surface area (Å²) in [5.74, 6) is 0.771. The molecule has 5 nitrogen and oxygen atoms in total. The first kappa shape index (κ1) is 17.0. The van der Waals surface area contributed by atoms with Crippen molar-refractivity contribution in [2.45, 2.75) is 45.3 Å². The number of benzene rings is 2. The molecule has 0 atom stereocenters. The summed E-state index contributed by atoms with van der Waals surface area (Å²) < 4.78 is 12.1. The van der Waals surface area contributed by atoms with Gasteiger partial charge in [0.05, 0.1) is 16.8 Å². The van der Waals surface area contributed by atoms with Gasteiger partial charge in [0.25, 0.3) is 11.7 Å². The van der Waals surface area contributed by atoms with Gasteiger partial charge in [0.1, 0.15) is 0 Å². The molecule has 5 rings (SSSR count). The number of carbonyl (C=O) groups is 1. The summed E-state index contributed by atoms with van der Waals surface area (Å²) in [4.78, 5) is 17.5. The Morgan fingerprint density at radius 2 is 1.79 bits per heavy atom. The van der Waals surface area contributed by atoms with Gasteiger partial charge in [-0.25, -0.2) is 0 Å². The van der Waals surface area contributed by atoms with Crippen LogP contribution in [0.4, 0.5) is 5.69 Å². The molecule has 0 radical (unpaired) electrons. The van der Waals surface area contributed by atoms with Crippen LogP contribution in [-0.2, 0) is 0 Å². The molecule has 1 saturated carbocycles. The van der Waals surface area contributed by atoms with E-state index in [9.17, 15) is 4.79 Å². The van der Waals surface area contributed by atoms with Crippen LogP contribution in [0, 0.1) is 13.8 Å². The number of nitrogens with zero attached hydrogens (tertiary/aromatic N) is 1. The lowest BCUT2D eigenvalue weighted by Crippen LogP contribution is -2.34. The smallest absolute Gasteiger partial charge is 0.257 e. The van der Waals surface area contributed by atoms with Crippen molar-refractivity contribution in [1.82, 2.24) is 4.98 Å².